The van der Waals surface area contributed by atoms with E-state index in [0.717, 1.165) is 22.6 Å². The summed E-state index contributed by atoms with van der Waals surface area (Å²) in [7, 11) is 0. The van der Waals surface area contributed by atoms with E-state index in [0.29, 0.717) is 18.2 Å². The van der Waals surface area contributed by atoms with Gasteiger partial charge >= 0.3 is 0 Å². The lowest BCUT2D eigenvalue weighted by atomic mass is 10.2. The van der Waals surface area contributed by atoms with Crippen LogP contribution in [0.15, 0.2) is 78.9 Å². The monoisotopic (exact) mass is 380 g/mol. The van der Waals surface area contributed by atoms with E-state index < -0.39 is 0 Å². The van der Waals surface area contributed by atoms with Crippen LogP contribution in [0, 0.1) is 0 Å². The lowest BCUT2D eigenvalue weighted by Gasteiger charge is -2.11. The minimum absolute atomic E-state index is 0.106. The molecule has 3 rings (SSSR count). The van der Waals surface area contributed by atoms with Gasteiger partial charge in [-0.2, -0.15) is 0 Å². The summed E-state index contributed by atoms with van der Waals surface area (Å²) in [4.78, 5) is 12.0. The van der Waals surface area contributed by atoms with Crippen LogP contribution in [-0.4, -0.2) is 12.5 Å². The number of amides is 1. The fraction of sp³-hybridized carbons (Fsp3) is 0.136. The van der Waals surface area contributed by atoms with Gasteiger partial charge in [0.15, 0.2) is 0 Å². The maximum Gasteiger partial charge on any atom is 0.239 e. The lowest BCUT2D eigenvalue weighted by Crippen LogP contribution is -2.29. The molecule has 27 heavy (non-hydrogen) atoms. The van der Waals surface area contributed by atoms with Crippen molar-refractivity contribution in [3.05, 3.63) is 95.0 Å². The molecule has 5 heteroatoms. The van der Waals surface area contributed by atoms with Crippen molar-refractivity contribution in [1.82, 2.24) is 5.32 Å². The molecule has 0 aliphatic rings. The van der Waals surface area contributed by atoms with E-state index in [2.05, 4.69) is 10.6 Å². The number of ether oxygens (including phenoxy) is 1. The summed E-state index contributed by atoms with van der Waals surface area (Å²) < 4.78 is 5.80. The Bertz CT molecular complexity index is 884. The third kappa shape index (κ3) is 6.04. The molecular weight excluding hydrogens is 360 g/mol. The van der Waals surface area contributed by atoms with Gasteiger partial charge in [0.2, 0.25) is 5.91 Å². The average molecular weight is 381 g/mol. The van der Waals surface area contributed by atoms with E-state index in [-0.39, 0.29) is 12.5 Å². The number of carbonyl (C=O) groups is 1. The fourth-order valence-corrected chi connectivity index (χ4v) is 2.72. The highest BCUT2D eigenvalue weighted by molar-refractivity contribution is 6.31. The molecule has 0 aliphatic heterocycles. The Balaban J connectivity index is 1.46. The highest BCUT2D eigenvalue weighted by Crippen LogP contribution is 2.18. The Morgan fingerprint density at radius 3 is 2.52 bits per heavy atom. The molecular formula is C22H21ClN2O2. The third-order valence-corrected chi connectivity index (χ3v) is 4.34. The molecule has 0 bridgehead atoms. The Hall–Kier alpha value is -2.98. The molecule has 1 amide bonds. The van der Waals surface area contributed by atoms with Gasteiger partial charge in [-0.25, -0.2) is 0 Å². The number of anilines is 1. The first-order chi connectivity index (χ1) is 13.2. The number of benzene rings is 3. The zero-order valence-corrected chi connectivity index (χ0v) is 15.6. The second kappa shape index (κ2) is 9.64. The Kier molecular flexibility index (Phi) is 6.72. The Morgan fingerprint density at radius 2 is 1.70 bits per heavy atom. The summed E-state index contributed by atoms with van der Waals surface area (Å²) >= 11 is 6.09. The number of hydrogen-bond donors (Lipinski definition) is 2. The highest BCUT2D eigenvalue weighted by Gasteiger charge is 2.04. The van der Waals surface area contributed by atoms with Crippen LogP contribution >= 0.6 is 11.6 Å². The smallest absolute Gasteiger partial charge is 0.239 e. The molecule has 0 aromatic heterocycles. The van der Waals surface area contributed by atoms with Crippen LogP contribution < -0.4 is 15.4 Å². The van der Waals surface area contributed by atoms with Gasteiger partial charge < -0.3 is 15.4 Å². The Morgan fingerprint density at radius 1 is 0.926 bits per heavy atom. The van der Waals surface area contributed by atoms with Crippen molar-refractivity contribution in [3.8, 4) is 5.75 Å². The number of hydrogen-bond acceptors (Lipinski definition) is 3. The number of nitrogens with one attached hydrogen (secondary N) is 2. The van der Waals surface area contributed by atoms with Crippen LogP contribution in [-0.2, 0) is 17.9 Å². The first-order valence-electron chi connectivity index (χ1n) is 8.71. The molecule has 0 aliphatic carbocycles. The van der Waals surface area contributed by atoms with Gasteiger partial charge in [0.25, 0.3) is 0 Å². The molecule has 4 nitrogen and oxygen atoms in total. The second-order valence-corrected chi connectivity index (χ2v) is 6.43. The molecule has 3 aromatic carbocycles. The van der Waals surface area contributed by atoms with E-state index in [4.69, 9.17) is 16.3 Å². The summed E-state index contributed by atoms with van der Waals surface area (Å²) in [6, 6.07) is 25.0. The molecule has 0 saturated heterocycles. The van der Waals surface area contributed by atoms with Crippen molar-refractivity contribution in [2.45, 2.75) is 13.2 Å². The standard InChI is InChI=1S/C22H21ClN2O2/c23-21-12-5-4-9-18(21)14-25-22(26)15-24-19-10-6-11-20(13-19)27-16-17-7-2-1-3-8-17/h1-13,24H,14-16H2,(H,25,26). The first-order valence-corrected chi connectivity index (χ1v) is 9.09. The summed E-state index contributed by atoms with van der Waals surface area (Å²) in [5, 5.41) is 6.61. The molecule has 0 heterocycles. The van der Waals surface area contributed by atoms with E-state index in [1.807, 2.05) is 78.9 Å². The predicted molar refractivity (Wildman–Crippen MR) is 109 cm³/mol. The van der Waals surface area contributed by atoms with Crippen molar-refractivity contribution in [1.29, 1.82) is 0 Å². The maximum atomic E-state index is 12.0. The van der Waals surface area contributed by atoms with Gasteiger partial charge in [-0.3, -0.25) is 4.79 Å². The zero-order chi connectivity index (χ0) is 18.9. The zero-order valence-electron chi connectivity index (χ0n) is 14.8. The van der Waals surface area contributed by atoms with Gasteiger partial charge in [-0.05, 0) is 29.3 Å². The largest absolute Gasteiger partial charge is 0.489 e. The van der Waals surface area contributed by atoms with Crippen LogP contribution in [0.1, 0.15) is 11.1 Å². The van der Waals surface area contributed by atoms with Crippen LogP contribution in [0.2, 0.25) is 5.02 Å². The summed E-state index contributed by atoms with van der Waals surface area (Å²) in [6.07, 6.45) is 0. The van der Waals surface area contributed by atoms with E-state index in [1.165, 1.54) is 0 Å². The van der Waals surface area contributed by atoms with E-state index in [1.54, 1.807) is 0 Å². The first kappa shape index (κ1) is 18.8. The molecule has 0 unspecified atom stereocenters. The van der Waals surface area contributed by atoms with Crippen molar-refractivity contribution in [2.24, 2.45) is 0 Å². The van der Waals surface area contributed by atoms with Crippen LogP contribution in [0.3, 0.4) is 0 Å². The van der Waals surface area contributed by atoms with E-state index >= 15 is 0 Å². The van der Waals surface area contributed by atoms with Crippen LogP contribution in [0.4, 0.5) is 5.69 Å². The van der Waals surface area contributed by atoms with E-state index in [9.17, 15) is 4.79 Å². The maximum absolute atomic E-state index is 12.0. The van der Waals surface area contributed by atoms with Crippen LogP contribution in [0.25, 0.3) is 0 Å². The summed E-state index contributed by atoms with van der Waals surface area (Å²) in [6.45, 7) is 1.08. The minimum Gasteiger partial charge on any atom is -0.489 e. The topological polar surface area (TPSA) is 50.4 Å². The number of carbonyl (C=O) groups excluding carboxylic acids is 1. The van der Waals surface area contributed by atoms with Gasteiger partial charge in [0.1, 0.15) is 12.4 Å². The van der Waals surface area contributed by atoms with Gasteiger partial charge in [-0.1, -0.05) is 66.2 Å². The van der Waals surface area contributed by atoms with Gasteiger partial charge in [0, 0.05) is 23.3 Å². The van der Waals surface area contributed by atoms with Crippen molar-refractivity contribution in [3.63, 3.8) is 0 Å². The van der Waals surface area contributed by atoms with Crippen molar-refractivity contribution >= 4 is 23.2 Å². The normalized spacial score (nSPS) is 10.3. The predicted octanol–water partition coefficient (Wildman–Crippen LogP) is 4.65. The number of halogens is 1. The Labute approximate surface area is 164 Å². The molecule has 0 spiro atoms. The molecule has 0 radical (unpaired) electrons. The van der Waals surface area contributed by atoms with Crippen LogP contribution in [0.5, 0.6) is 5.75 Å². The summed E-state index contributed by atoms with van der Waals surface area (Å²) in [5.41, 5.74) is 2.83. The number of rotatable bonds is 8. The molecule has 2 N–H and O–H groups in total. The van der Waals surface area contributed by atoms with Gasteiger partial charge in [0.05, 0.1) is 6.54 Å². The SMILES string of the molecule is O=C(CNc1cccc(OCc2ccccc2)c1)NCc1ccccc1Cl. The van der Waals surface area contributed by atoms with Gasteiger partial charge in [-0.15, -0.1) is 0 Å². The second-order valence-electron chi connectivity index (χ2n) is 6.02. The molecule has 0 fully saturated rings. The molecule has 3 aromatic rings. The minimum atomic E-state index is -0.106. The third-order valence-electron chi connectivity index (χ3n) is 3.97. The average Bonchev–Trinajstić information content (AvgIpc) is 2.71. The lowest BCUT2D eigenvalue weighted by molar-refractivity contribution is -0.119. The quantitative estimate of drug-likeness (QED) is 0.598. The fourth-order valence-electron chi connectivity index (χ4n) is 2.52. The van der Waals surface area contributed by atoms with Crippen molar-refractivity contribution < 1.29 is 9.53 Å². The van der Waals surface area contributed by atoms with Crippen molar-refractivity contribution in [2.75, 3.05) is 11.9 Å². The molecule has 0 atom stereocenters. The summed E-state index contributed by atoms with van der Waals surface area (Å²) in [5.74, 6) is 0.644. The highest BCUT2D eigenvalue weighted by atomic mass is 35.5. The molecule has 0 saturated carbocycles. The molecule has 138 valence electrons.